The van der Waals surface area contributed by atoms with Crippen LogP contribution in [0.3, 0.4) is 0 Å². The van der Waals surface area contributed by atoms with Crippen molar-refractivity contribution in [1.29, 1.82) is 0 Å². The average Bonchev–Trinajstić information content (AvgIpc) is 2.86. The quantitative estimate of drug-likeness (QED) is 0.491. The molecule has 0 bridgehead atoms. The SMILES string of the molecule is CC(C)NC(=O)C(=O)N1CCN(C(=O)c2ccccc2SCC(=O)N(C)C2CCCCC2)CC1. The summed E-state index contributed by atoms with van der Waals surface area (Å²) in [6.45, 7) is 4.97. The van der Waals surface area contributed by atoms with Crippen LogP contribution in [0.5, 0.6) is 0 Å². The highest BCUT2D eigenvalue weighted by molar-refractivity contribution is 8.00. The van der Waals surface area contributed by atoms with Crippen molar-refractivity contribution < 1.29 is 19.2 Å². The summed E-state index contributed by atoms with van der Waals surface area (Å²) in [6, 6.07) is 7.57. The zero-order chi connectivity index (χ0) is 24.7. The van der Waals surface area contributed by atoms with Crippen LogP contribution in [0, 0.1) is 0 Å². The predicted octanol–water partition coefficient (Wildman–Crippen LogP) is 2.38. The second-order valence-electron chi connectivity index (χ2n) is 9.29. The van der Waals surface area contributed by atoms with E-state index in [0.29, 0.717) is 43.5 Å². The fourth-order valence-corrected chi connectivity index (χ4v) is 5.40. The van der Waals surface area contributed by atoms with E-state index in [2.05, 4.69) is 5.32 Å². The highest BCUT2D eigenvalue weighted by atomic mass is 32.2. The minimum absolute atomic E-state index is 0.0888. The molecule has 0 atom stereocenters. The normalized spacial score (nSPS) is 16.9. The van der Waals surface area contributed by atoms with Crippen molar-refractivity contribution in [2.45, 2.75) is 62.9 Å². The van der Waals surface area contributed by atoms with Crippen LogP contribution < -0.4 is 5.32 Å². The number of hydrogen-bond acceptors (Lipinski definition) is 5. The summed E-state index contributed by atoms with van der Waals surface area (Å²) < 4.78 is 0. The maximum Gasteiger partial charge on any atom is 0.312 e. The number of thioether (sulfide) groups is 1. The molecule has 1 aromatic rings. The maximum atomic E-state index is 13.2. The molecule has 1 saturated heterocycles. The predicted molar refractivity (Wildman–Crippen MR) is 133 cm³/mol. The largest absolute Gasteiger partial charge is 0.346 e. The summed E-state index contributed by atoms with van der Waals surface area (Å²) >= 11 is 1.40. The average molecular weight is 489 g/mol. The molecule has 1 aromatic carbocycles. The number of nitrogens with zero attached hydrogens (tertiary/aromatic N) is 3. The van der Waals surface area contributed by atoms with Crippen LogP contribution in [-0.2, 0) is 14.4 Å². The molecule has 0 unspecified atom stereocenters. The van der Waals surface area contributed by atoms with Gasteiger partial charge in [0.25, 0.3) is 5.91 Å². The zero-order valence-corrected chi connectivity index (χ0v) is 21.2. The van der Waals surface area contributed by atoms with E-state index in [-0.39, 0.29) is 17.9 Å². The van der Waals surface area contributed by atoms with Crippen LogP contribution in [0.4, 0.5) is 0 Å². The summed E-state index contributed by atoms with van der Waals surface area (Å²) in [5.41, 5.74) is 0.568. The molecule has 0 spiro atoms. The standard InChI is InChI=1S/C25H36N4O4S/c1-18(2)26-23(31)25(33)29-15-13-28(14-16-29)24(32)20-11-7-8-12-21(20)34-17-22(30)27(3)19-9-5-4-6-10-19/h7-8,11-12,18-19H,4-6,9-10,13-17H2,1-3H3,(H,26,31). The molecule has 0 radical (unpaired) electrons. The number of rotatable bonds is 6. The molecule has 4 amide bonds. The van der Waals surface area contributed by atoms with Crippen molar-refractivity contribution in [3.63, 3.8) is 0 Å². The van der Waals surface area contributed by atoms with Gasteiger partial charge < -0.3 is 20.0 Å². The van der Waals surface area contributed by atoms with Gasteiger partial charge in [0.15, 0.2) is 0 Å². The molecule has 2 fully saturated rings. The lowest BCUT2D eigenvalue weighted by molar-refractivity contribution is -0.147. The van der Waals surface area contributed by atoms with Gasteiger partial charge in [-0.15, -0.1) is 11.8 Å². The first-order chi connectivity index (χ1) is 16.3. The molecule has 1 aliphatic heterocycles. The Morgan fingerprint density at radius 1 is 1.00 bits per heavy atom. The summed E-state index contributed by atoms with van der Waals surface area (Å²) in [5.74, 6) is -0.900. The molecule has 0 aromatic heterocycles. The Bertz CT molecular complexity index is 893. The van der Waals surface area contributed by atoms with E-state index in [9.17, 15) is 19.2 Å². The molecule has 8 nitrogen and oxygen atoms in total. The number of amides is 4. The van der Waals surface area contributed by atoms with Crippen LogP contribution in [0.15, 0.2) is 29.2 Å². The van der Waals surface area contributed by atoms with E-state index in [0.717, 1.165) is 17.7 Å². The summed E-state index contributed by atoms with van der Waals surface area (Å²) in [5, 5.41) is 2.61. The van der Waals surface area contributed by atoms with Gasteiger partial charge in [0, 0.05) is 50.2 Å². The molecule has 3 rings (SSSR count). The number of hydrogen-bond donors (Lipinski definition) is 1. The van der Waals surface area contributed by atoms with E-state index >= 15 is 0 Å². The van der Waals surface area contributed by atoms with E-state index in [1.165, 1.54) is 35.9 Å². The van der Waals surface area contributed by atoms with Crippen molar-refractivity contribution in [3.8, 4) is 0 Å². The molecule has 1 N–H and O–H groups in total. The number of carbonyl (C=O) groups excluding carboxylic acids is 4. The van der Waals surface area contributed by atoms with Crippen molar-refractivity contribution in [2.75, 3.05) is 39.0 Å². The third-order valence-corrected chi connectivity index (χ3v) is 7.51. The Hall–Kier alpha value is -2.55. The lowest BCUT2D eigenvalue weighted by Crippen LogP contribution is -2.54. The smallest absolute Gasteiger partial charge is 0.312 e. The van der Waals surface area contributed by atoms with Gasteiger partial charge in [0.05, 0.1) is 11.3 Å². The lowest BCUT2D eigenvalue weighted by Gasteiger charge is -2.34. The first-order valence-corrected chi connectivity index (χ1v) is 13.1. The molecule has 1 heterocycles. The van der Waals surface area contributed by atoms with Gasteiger partial charge >= 0.3 is 11.8 Å². The maximum absolute atomic E-state index is 13.2. The molecular weight excluding hydrogens is 452 g/mol. The first-order valence-electron chi connectivity index (χ1n) is 12.1. The van der Waals surface area contributed by atoms with Crippen molar-refractivity contribution >= 4 is 35.4 Å². The van der Waals surface area contributed by atoms with E-state index in [4.69, 9.17) is 0 Å². The van der Waals surface area contributed by atoms with Gasteiger partial charge in [-0.25, -0.2) is 0 Å². The first kappa shape index (κ1) is 26.1. The molecule has 186 valence electrons. The number of carbonyl (C=O) groups is 4. The fraction of sp³-hybridized carbons (Fsp3) is 0.600. The van der Waals surface area contributed by atoms with Gasteiger partial charge in [-0.1, -0.05) is 31.4 Å². The summed E-state index contributed by atoms with van der Waals surface area (Å²) in [4.78, 5) is 56.2. The van der Waals surface area contributed by atoms with Crippen LogP contribution in [0.2, 0.25) is 0 Å². The number of piperazine rings is 1. The number of benzene rings is 1. The number of nitrogens with one attached hydrogen (secondary N) is 1. The van der Waals surface area contributed by atoms with Gasteiger partial charge in [-0.3, -0.25) is 19.2 Å². The zero-order valence-electron chi connectivity index (χ0n) is 20.4. The van der Waals surface area contributed by atoms with Crippen LogP contribution in [0.25, 0.3) is 0 Å². The minimum Gasteiger partial charge on any atom is -0.346 e. The Morgan fingerprint density at radius 2 is 1.62 bits per heavy atom. The Labute approximate surface area is 206 Å². The van der Waals surface area contributed by atoms with E-state index < -0.39 is 11.8 Å². The van der Waals surface area contributed by atoms with Gasteiger partial charge in [0.2, 0.25) is 5.91 Å². The van der Waals surface area contributed by atoms with Crippen molar-refractivity contribution in [2.24, 2.45) is 0 Å². The second-order valence-corrected chi connectivity index (χ2v) is 10.3. The molecular formula is C25H36N4O4S. The molecule has 2 aliphatic rings. The van der Waals surface area contributed by atoms with Crippen LogP contribution in [-0.4, -0.2) is 89.4 Å². The Kier molecular flexibility index (Phi) is 9.38. The summed E-state index contributed by atoms with van der Waals surface area (Å²) in [6.07, 6.45) is 5.73. The van der Waals surface area contributed by atoms with E-state index in [1.807, 2.05) is 30.1 Å². The molecule has 1 aliphatic carbocycles. The highest BCUT2D eigenvalue weighted by Gasteiger charge is 2.29. The monoisotopic (exact) mass is 488 g/mol. The van der Waals surface area contributed by atoms with E-state index in [1.54, 1.807) is 24.8 Å². The van der Waals surface area contributed by atoms with Crippen molar-refractivity contribution in [3.05, 3.63) is 29.8 Å². The third-order valence-electron chi connectivity index (χ3n) is 6.45. The Balaban J connectivity index is 1.55. The highest BCUT2D eigenvalue weighted by Crippen LogP contribution is 2.26. The van der Waals surface area contributed by atoms with Gasteiger partial charge in [0.1, 0.15) is 0 Å². The van der Waals surface area contributed by atoms with Gasteiger partial charge in [-0.2, -0.15) is 0 Å². The summed E-state index contributed by atoms with van der Waals surface area (Å²) in [7, 11) is 1.89. The molecule has 34 heavy (non-hydrogen) atoms. The molecule has 1 saturated carbocycles. The van der Waals surface area contributed by atoms with Crippen LogP contribution >= 0.6 is 11.8 Å². The van der Waals surface area contributed by atoms with Gasteiger partial charge in [-0.05, 0) is 38.8 Å². The van der Waals surface area contributed by atoms with Crippen LogP contribution in [0.1, 0.15) is 56.3 Å². The Morgan fingerprint density at radius 3 is 2.26 bits per heavy atom. The second kappa shape index (κ2) is 12.2. The minimum atomic E-state index is -0.612. The lowest BCUT2D eigenvalue weighted by atomic mass is 9.94. The van der Waals surface area contributed by atoms with Crippen molar-refractivity contribution in [1.82, 2.24) is 20.0 Å². The topological polar surface area (TPSA) is 90.0 Å². The molecule has 9 heteroatoms. The fourth-order valence-electron chi connectivity index (χ4n) is 4.43. The third kappa shape index (κ3) is 6.74.